The topological polar surface area (TPSA) is 91.3 Å². The van der Waals surface area contributed by atoms with Gasteiger partial charge in [-0.3, -0.25) is 13.9 Å². The van der Waals surface area contributed by atoms with Crippen LogP contribution in [0.3, 0.4) is 0 Å². The molecule has 2 heterocycles. The zero-order chi connectivity index (χ0) is 19.0. The Morgan fingerprint density at radius 1 is 1.19 bits per heavy atom. The van der Waals surface area contributed by atoms with E-state index in [9.17, 15) is 14.7 Å². The standard InChI is InChI=1S/C17H19BrN4O4/c1-10-4-6-12(7-5-10)26-9-11(23)8-22-13-14(19-16(22)18)20(2)17(25)21(3)15(13)24/h4-7,11,23H,8-9H2,1-3H3. The van der Waals surface area contributed by atoms with Crippen LogP contribution < -0.4 is 16.0 Å². The number of aliphatic hydroxyl groups excluding tert-OH is 1. The Labute approximate surface area is 157 Å². The van der Waals surface area contributed by atoms with Crippen LogP contribution in [-0.4, -0.2) is 36.5 Å². The molecule has 3 aromatic rings. The normalized spacial score (nSPS) is 12.5. The highest BCUT2D eigenvalue weighted by Gasteiger charge is 2.20. The number of halogens is 1. The van der Waals surface area contributed by atoms with Gasteiger partial charge >= 0.3 is 5.69 Å². The van der Waals surface area contributed by atoms with E-state index >= 15 is 0 Å². The zero-order valence-electron chi connectivity index (χ0n) is 14.6. The van der Waals surface area contributed by atoms with Crippen molar-refractivity contribution in [2.75, 3.05) is 6.61 Å². The zero-order valence-corrected chi connectivity index (χ0v) is 16.2. The number of benzene rings is 1. The molecule has 0 spiro atoms. The van der Waals surface area contributed by atoms with Gasteiger partial charge in [0.15, 0.2) is 15.9 Å². The van der Waals surface area contributed by atoms with Crippen molar-refractivity contribution in [2.45, 2.75) is 19.6 Å². The number of aromatic nitrogens is 4. The molecule has 0 saturated heterocycles. The molecule has 1 atom stereocenters. The number of hydrogen-bond acceptors (Lipinski definition) is 5. The highest BCUT2D eigenvalue weighted by atomic mass is 79.9. The van der Waals surface area contributed by atoms with Crippen molar-refractivity contribution in [3.05, 3.63) is 55.4 Å². The van der Waals surface area contributed by atoms with E-state index < -0.39 is 17.4 Å². The van der Waals surface area contributed by atoms with Crippen LogP contribution in [0.2, 0.25) is 0 Å². The van der Waals surface area contributed by atoms with E-state index in [1.165, 1.54) is 11.6 Å². The van der Waals surface area contributed by atoms with Gasteiger partial charge in [0, 0.05) is 14.1 Å². The van der Waals surface area contributed by atoms with Crippen LogP contribution in [0.15, 0.2) is 38.6 Å². The van der Waals surface area contributed by atoms with Crippen LogP contribution in [0.25, 0.3) is 11.2 Å². The third-order valence-corrected chi connectivity index (χ3v) is 4.76. The molecule has 26 heavy (non-hydrogen) atoms. The van der Waals surface area contributed by atoms with E-state index in [1.54, 1.807) is 11.6 Å². The van der Waals surface area contributed by atoms with Gasteiger partial charge in [-0.1, -0.05) is 17.7 Å². The first kappa shape index (κ1) is 18.4. The second-order valence-corrected chi connectivity index (χ2v) is 6.86. The minimum atomic E-state index is -0.869. The average molecular weight is 423 g/mol. The lowest BCUT2D eigenvalue weighted by Gasteiger charge is -2.14. The summed E-state index contributed by atoms with van der Waals surface area (Å²) >= 11 is 3.30. The molecule has 0 fully saturated rings. The predicted octanol–water partition coefficient (Wildman–Crippen LogP) is 0.945. The Balaban J connectivity index is 1.86. The minimum Gasteiger partial charge on any atom is -0.491 e. The van der Waals surface area contributed by atoms with E-state index in [0.29, 0.717) is 10.5 Å². The highest BCUT2D eigenvalue weighted by Crippen LogP contribution is 2.17. The Hall–Kier alpha value is -2.39. The van der Waals surface area contributed by atoms with E-state index in [1.807, 2.05) is 31.2 Å². The van der Waals surface area contributed by atoms with E-state index in [0.717, 1.165) is 10.1 Å². The van der Waals surface area contributed by atoms with Gasteiger partial charge in [0.25, 0.3) is 5.56 Å². The minimum absolute atomic E-state index is 0.0568. The Morgan fingerprint density at radius 3 is 2.50 bits per heavy atom. The quantitative estimate of drug-likeness (QED) is 0.617. The van der Waals surface area contributed by atoms with Crippen LogP contribution in [0, 0.1) is 6.92 Å². The number of aryl methyl sites for hydroxylation is 2. The van der Waals surface area contributed by atoms with Gasteiger partial charge in [-0.25, -0.2) is 9.78 Å². The van der Waals surface area contributed by atoms with Crippen molar-refractivity contribution in [1.82, 2.24) is 18.7 Å². The number of ether oxygens (including phenoxy) is 1. The third kappa shape index (κ3) is 3.32. The molecule has 1 N–H and O–H groups in total. The van der Waals surface area contributed by atoms with Gasteiger partial charge in [0.05, 0.1) is 6.54 Å². The SMILES string of the molecule is Cc1ccc(OCC(O)Cn2c(Br)nc3c2c(=O)n(C)c(=O)n3C)cc1. The van der Waals surface area contributed by atoms with Crippen LogP contribution in [-0.2, 0) is 20.6 Å². The Kier molecular flexibility index (Phi) is 5.01. The molecule has 8 nitrogen and oxygen atoms in total. The molecule has 138 valence electrons. The maximum absolute atomic E-state index is 12.5. The summed E-state index contributed by atoms with van der Waals surface area (Å²) in [4.78, 5) is 28.7. The van der Waals surface area contributed by atoms with Crippen molar-refractivity contribution >= 4 is 27.1 Å². The number of fused-ring (bicyclic) bond motifs is 1. The summed E-state index contributed by atoms with van der Waals surface area (Å²) in [6.45, 7) is 2.13. The monoisotopic (exact) mass is 422 g/mol. The highest BCUT2D eigenvalue weighted by molar-refractivity contribution is 9.10. The second-order valence-electron chi connectivity index (χ2n) is 6.15. The molecule has 0 saturated carbocycles. The molecule has 0 bridgehead atoms. The van der Waals surface area contributed by atoms with Crippen molar-refractivity contribution < 1.29 is 9.84 Å². The first-order chi connectivity index (χ1) is 12.3. The van der Waals surface area contributed by atoms with Gasteiger partial charge in [0.1, 0.15) is 18.5 Å². The van der Waals surface area contributed by atoms with Gasteiger partial charge in [-0.05, 0) is 35.0 Å². The molecule has 3 rings (SSSR count). The fraction of sp³-hybridized carbons (Fsp3) is 0.353. The van der Waals surface area contributed by atoms with Crippen molar-refractivity contribution in [1.29, 1.82) is 0 Å². The van der Waals surface area contributed by atoms with Crippen LogP contribution in [0.1, 0.15) is 5.56 Å². The van der Waals surface area contributed by atoms with Crippen LogP contribution in [0.4, 0.5) is 0 Å². The molecule has 0 aliphatic carbocycles. The van der Waals surface area contributed by atoms with Crippen LogP contribution >= 0.6 is 15.9 Å². The Bertz CT molecular complexity index is 1070. The summed E-state index contributed by atoms with van der Waals surface area (Å²) in [6, 6.07) is 7.50. The van der Waals surface area contributed by atoms with Crippen molar-refractivity contribution in [2.24, 2.45) is 14.1 Å². The summed E-state index contributed by atoms with van der Waals surface area (Å²) in [5.41, 5.74) is 0.705. The summed E-state index contributed by atoms with van der Waals surface area (Å²) in [5.74, 6) is 0.655. The molecule has 2 aromatic heterocycles. The predicted molar refractivity (Wildman–Crippen MR) is 101 cm³/mol. The molecule has 1 unspecified atom stereocenters. The van der Waals surface area contributed by atoms with Crippen molar-refractivity contribution in [3.63, 3.8) is 0 Å². The summed E-state index contributed by atoms with van der Waals surface area (Å²) in [7, 11) is 2.96. The van der Waals surface area contributed by atoms with E-state index in [4.69, 9.17) is 4.74 Å². The fourth-order valence-electron chi connectivity index (χ4n) is 2.68. The van der Waals surface area contributed by atoms with Gasteiger partial charge in [-0.15, -0.1) is 0 Å². The van der Waals surface area contributed by atoms with Crippen LogP contribution in [0.5, 0.6) is 5.75 Å². The van der Waals surface area contributed by atoms with E-state index in [-0.39, 0.29) is 24.3 Å². The first-order valence-electron chi connectivity index (χ1n) is 7.99. The average Bonchev–Trinajstić information content (AvgIpc) is 2.94. The van der Waals surface area contributed by atoms with E-state index in [2.05, 4.69) is 20.9 Å². The molecule has 9 heteroatoms. The van der Waals surface area contributed by atoms with Gasteiger partial charge < -0.3 is 14.4 Å². The summed E-state index contributed by atoms with van der Waals surface area (Å²) < 4.78 is 9.80. The summed E-state index contributed by atoms with van der Waals surface area (Å²) in [5, 5.41) is 10.3. The smallest absolute Gasteiger partial charge is 0.332 e. The number of hydrogen-bond donors (Lipinski definition) is 1. The number of nitrogens with zero attached hydrogens (tertiary/aromatic N) is 4. The lowest BCUT2D eigenvalue weighted by Crippen LogP contribution is -2.38. The molecule has 0 aliphatic rings. The lowest BCUT2D eigenvalue weighted by atomic mass is 10.2. The lowest BCUT2D eigenvalue weighted by molar-refractivity contribution is 0.0928. The number of aliphatic hydroxyl groups is 1. The van der Waals surface area contributed by atoms with Crippen molar-refractivity contribution in [3.8, 4) is 5.75 Å². The Morgan fingerprint density at radius 2 is 1.85 bits per heavy atom. The first-order valence-corrected chi connectivity index (χ1v) is 8.78. The molecular formula is C17H19BrN4O4. The second kappa shape index (κ2) is 7.08. The number of imidazole rings is 1. The molecular weight excluding hydrogens is 404 g/mol. The summed E-state index contributed by atoms with van der Waals surface area (Å²) in [6.07, 6.45) is -0.869. The maximum Gasteiger partial charge on any atom is 0.332 e. The number of rotatable bonds is 5. The molecule has 0 aliphatic heterocycles. The maximum atomic E-state index is 12.5. The molecule has 1 aromatic carbocycles. The van der Waals surface area contributed by atoms with Gasteiger partial charge in [0.2, 0.25) is 0 Å². The fourth-order valence-corrected chi connectivity index (χ4v) is 3.17. The third-order valence-electron chi connectivity index (χ3n) is 4.16. The molecule has 0 radical (unpaired) electrons. The largest absolute Gasteiger partial charge is 0.491 e. The van der Waals surface area contributed by atoms with Gasteiger partial charge in [-0.2, -0.15) is 0 Å². The molecule has 0 amide bonds.